The number of carbonyl (C=O) groups is 3. The molecule has 3 rings (SSSR count). The average Bonchev–Trinajstić information content (AvgIpc) is 3.09. The molecule has 3 N–H and O–H groups in total. The number of halogens is 1. The van der Waals surface area contributed by atoms with Gasteiger partial charge in [0.25, 0.3) is 5.91 Å². The van der Waals surface area contributed by atoms with Crippen molar-refractivity contribution in [1.29, 1.82) is 0 Å². The summed E-state index contributed by atoms with van der Waals surface area (Å²) in [5, 5.41) is 7.94. The molecular formula is C20H20ClN3O6S. The van der Waals surface area contributed by atoms with Gasteiger partial charge in [0.15, 0.2) is 6.10 Å². The van der Waals surface area contributed by atoms with Gasteiger partial charge in [-0.25, -0.2) is 13.6 Å². The Morgan fingerprint density at radius 1 is 1.19 bits per heavy atom. The number of hydrogen-bond donors (Lipinski definition) is 2. The SMILES string of the molecule is C[C@@H](OC(=O)[C@@H]1CC(=O)N(c2ccccc2Cl)C1)C(=O)Nc1ccc(S(N)(=O)=O)cc1. The van der Waals surface area contributed by atoms with Crippen LogP contribution in [0.2, 0.25) is 5.02 Å². The molecule has 0 unspecified atom stereocenters. The third-order valence-corrected chi connectivity index (χ3v) is 5.96. The van der Waals surface area contributed by atoms with Crippen LogP contribution < -0.4 is 15.4 Å². The van der Waals surface area contributed by atoms with E-state index in [2.05, 4.69) is 5.32 Å². The van der Waals surface area contributed by atoms with E-state index in [1.54, 1.807) is 24.3 Å². The zero-order valence-corrected chi connectivity index (χ0v) is 18.0. The number of para-hydroxylation sites is 1. The maximum Gasteiger partial charge on any atom is 0.312 e. The lowest BCUT2D eigenvalue weighted by Gasteiger charge is -2.19. The summed E-state index contributed by atoms with van der Waals surface area (Å²) in [5.41, 5.74) is 0.819. The fourth-order valence-corrected chi connectivity index (χ4v) is 3.82. The number of hydrogen-bond acceptors (Lipinski definition) is 6. The van der Waals surface area contributed by atoms with E-state index in [0.717, 1.165) is 0 Å². The van der Waals surface area contributed by atoms with E-state index in [-0.39, 0.29) is 23.8 Å². The number of rotatable bonds is 6. The third-order valence-electron chi connectivity index (χ3n) is 4.71. The summed E-state index contributed by atoms with van der Waals surface area (Å²) in [6.07, 6.45) is -1.18. The summed E-state index contributed by atoms with van der Waals surface area (Å²) in [6, 6.07) is 12.0. The fraction of sp³-hybridized carbons (Fsp3) is 0.250. The molecule has 0 saturated carbocycles. The van der Waals surface area contributed by atoms with Crippen molar-refractivity contribution in [3.05, 3.63) is 53.6 Å². The summed E-state index contributed by atoms with van der Waals surface area (Å²) < 4.78 is 27.8. The molecule has 1 aliphatic heterocycles. The summed E-state index contributed by atoms with van der Waals surface area (Å²) in [4.78, 5) is 38.4. The molecule has 1 aliphatic rings. The first-order valence-electron chi connectivity index (χ1n) is 9.25. The molecule has 11 heteroatoms. The predicted molar refractivity (Wildman–Crippen MR) is 114 cm³/mol. The average molecular weight is 466 g/mol. The molecule has 0 aliphatic carbocycles. The number of carbonyl (C=O) groups excluding carboxylic acids is 3. The normalized spacial score (nSPS) is 17.3. The van der Waals surface area contributed by atoms with Crippen LogP contribution in [0.25, 0.3) is 0 Å². The second-order valence-electron chi connectivity index (χ2n) is 6.99. The molecule has 1 saturated heterocycles. The minimum atomic E-state index is -3.84. The molecule has 2 amide bonds. The van der Waals surface area contributed by atoms with Crippen LogP contribution in [0.1, 0.15) is 13.3 Å². The molecule has 9 nitrogen and oxygen atoms in total. The van der Waals surface area contributed by atoms with Gasteiger partial charge < -0.3 is 15.0 Å². The minimum absolute atomic E-state index is 0.0482. The van der Waals surface area contributed by atoms with Gasteiger partial charge in [0.05, 0.1) is 21.5 Å². The van der Waals surface area contributed by atoms with Gasteiger partial charge in [0, 0.05) is 18.7 Å². The van der Waals surface area contributed by atoms with Crippen molar-refractivity contribution in [2.24, 2.45) is 11.1 Å². The summed E-state index contributed by atoms with van der Waals surface area (Å²) in [5.74, 6) is -2.27. The van der Waals surface area contributed by atoms with E-state index in [4.69, 9.17) is 21.5 Å². The van der Waals surface area contributed by atoms with Crippen molar-refractivity contribution in [2.45, 2.75) is 24.3 Å². The lowest BCUT2D eigenvalue weighted by atomic mass is 10.1. The topological polar surface area (TPSA) is 136 Å². The minimum Gasteiger partial charge on any atom is -0.452 e. The molecule has 31 heavy (non-hydrogen) atoms. The Morgan fingerprint density at radius 3 is 2.45 bits per heavy atom. The van der Waals surface area contributed by atoms with Crippen LogP contribution in [-0.2, 0) is 29.1 Å². The Morgan fingerprint density at radius 2 is 1.84 bits per heavy atom. The molecule has 2 atom stereocenters. The molecule has 2 aromatic rings. The van der Waals surface area contributed by atoms with Crippen LogP contribution in [0.15, 0.2) is 53.4 Å². The van der Waals surface area contributed by atoms with E-state index < -0.39 is 33.9 Å². The molecule has 1 heterocycles. The molecule has 2 aromatic carbocycles. The van der Waals surface area contributed by atoms with Crippen molar-refractivity contribution in [2.75, 3.05) is 16.8 Å². The zero-order valence-electron chi connectivity index (χ0n) is 16.4. The molecule has 0 radical (unpaired) electrons. The molecular weight excluding hydrogens is 446 g/mol. The highest BCUT2D eigenvalue weighted by atomic mass is 35.5. The van der Waals surface area contributed by atoms with E-state index in [0.29, 0.717) is 16.4 Å². The Labute approximate surface area is 184 Å². The van der Waals surface area contributed by atoms with Crippen molar-refractivity contribution >= 4 is 50.8 Å². The highest BCUT2D eigenvalue weighted by Crippen LogP contribution is 2.31. The van der Waals surface area contributed by atoms with Crippen molar-refractivity contribution in [3.63, 3.8) is 0 Å². The standard InChI is InChI=1S/C20H20ClN3O6S/c1-12(19(26)23-14-6-8-15(9-7-14)31(22,28)29)30-20(27)13-10-18(25)24(11-13)17-5-3-2-4-16(17)21/h2-9,12-13H,10-11H2,1H3,(H,23,26)(H2,22,28,29)/t12-,13-/m1/s1. The van der Waals surface area contributed by atoms with Crippen LogP contribution in [-0.4, -0.2) is 38.9 Å². The lowest BCUT2D eigenvalue weighted by Crippen LogP contribution is -2.33. The number of esters is 1. The van der Waals surface area contributed by atoms with Crippen LogP contribution >= 0.6 is 11.6 Å². The summed E-state index contributed by atoms with van der Waals surface area (Å²) in [7, 11) is -3.84. The maximum absolute atomic E-state index is 12.5. The smallest absolute Gasteiger partial charge is 0.312 e. The van der Waals surface area contributed by atoms with E-state index in [1.807, 2.05) is 0 Å². The molecule has 164 valence electrons. The van der Waals surface area contributed by atoms with Gasteiger partial charge in [-0.3, -0.25) is 14.4 Å². The van der Waals surface area contributed by atoms with Crippen molar-refractivity contribution < 1.29 is 27.5 Å². The number of sulfonamides is 1. The summed E-state index contributed by atoms with van der Waals surface area (Å²) in [6.45, 7) is 1.50. The predicted octanol–water partition coefficient (Wildman–Crippen LogP) is 1.91. The quantitative estimate of drug-likeness (QED) is 0.625. The number of nitrogens with two attached hydrogens (primary N) is 1. The number of primary sulfonamides is 1. The highest BCUT2D eigenvalue weighted by molar-refractivity contribution is 7.89. The van der Waals surface area contributed by atoms with Gasteiger partial charge in [-0.2, -0.15) is 0 Å². The first-order valence-corrected chi connectivity index (χ1v) is 11.2. The number of nitrogens with one attached hydrogen (secondary N) is 1. The number of benzene rings is 2. The van der Waals surface area contributed by atoms with Gasteiger partial charge in [-0.1, -0.05) is 23.7 Å². The Kier molecular flexibility index (Phi) is 6.63. The number of nitrogens with zero attached hydrogens (tertiary/aromatic N) is 1. The zero-order chi connectivity index (χ0) is 22.8. The largest absolute Gasteiger partial charge is 0.452 e. The van der Waals surface area contributed by atoms with E-state index >= 15 is 0 Å². The number of anilines is 2. The number of amides is 2. The van der Waals surface area contributed by atoms with Crippen LogP contribution in [0.3, 0.4) is 0 Å². The Hall–Kier alpha value is -2.95. The second-order valence-corrected chi connectivity index (χ2v) is 8.96. The van der Waals surface area contributed by atoms with Gasteiger partial charge >= 0.3 is 5.97 Å². The van der Waals surface area contributed by atoms with E-state index in [1.165, 1.54) is 36.1 Å². The molecule has 0 spiro atoms. The first kappa shape index (κ1) is 22.7. The van der Waals surface area contributed by atoms with Crippen LogP contribution in [0.5, 0.6) is 0 Å². The van der Waals surface area contributed by atoms with Gasteiger partial charge in [0.1, 0.15) is 0 Å². The molecule has 0 aromatic heterocycles. The van der Waals surface area contributed by atoms with Crippen LogP contribution in [0, 0.1) is 5.92 Å². The maximum atomic E-state index is 12.5. The summed E-state index contributed by atoms with van der Waals surface area (Å²) >= 11 is 6.13. The van der Waals surface area contributed by atoms with Gasteiger partial charge in [-0.15, -0.1) is 0 Å². The fourth-order valence-electron chi connectivity index (χ4n) is 3.06. The van der Waals surface area contributed by atoms with Crippen molar-refractivity contribution in [1.82, 2.24) is 0 Å². The molecule has 1 fully saturated rings. The lowest BCUT2D eigenvalue weighted by molar-refractivity contribution is -0.157. The molecule has 0 bridgehead atoms. The van der Waals surface area contributed by atoms with Crippen molar-refractivity contribution in [3.8, 4) is 0 Å². The van der Waals surface area contributed by atoms with Gasteiger partial charge in [0.2, 0.25) is 15.9 Å². The Bertz CT molecular complexity index is 1120. The highest BCUT2D eigenvalue weighted by Gasteiger charge is 2.38. The monoisotopic (exact) mass is 465 g/mol. The van der Waals surface area contributed by atoms with E-state index in [9.17, 15) is 22.8 Å². The van der Waals surface area contributed by atoms with Gasteiger partial charge in [-0.05, 0) is 43.3 Å². The van der Waals surface area contributed by atoms with Crippen LogP contribution in [0.4, 0.5) is 11.4 Å². The third kappa shape index (κ3) is 5.40. The number of ether oxygens (including phenoxy) is 1. The Balaban J connectivity index is 1.58. The first-order chi connectivity index (χ1) is 14.6. The second kappa shape index (κ2) is 9.04.